The Labute approximate surface area is 104 Å². The van der Waals surface area contributed by atoms with Crippen molar-refractivity contribution >= 4 is 36.6 Å². The second kappa shape index (κ2) is 13.8. The molecule has 1 saturated heterocycles. The summed E-state index contributed by atoms with van der Waals surface area (Å²) in [7, 11) is 0. The Morgan fingerprint density at radius 1 is 0.643 bits per heavy atom. The van der Waals surface area contributed by atoms with Crippen LogP contribution in [-0.2, 0) is 0 Å². The van der Waals surface area contributed by atoms with Crippen molar-refractivity contribution in [3.8, 4) is 0 Å². The second-order valence-corrected chi connectivity index (χ2v) is 4.40. The molecule has 0 unspecified atom stereocenters. The molecule has 0 aromatic heterocycles. The summed E-state index contributed by atoms with van der Waals surface area (Å²) in [4.78, 5) is 0. The molecule has 1 rings (SSSR count). The van der Waals surface area contributed by atoms with E-state index in [1.807, 2.05) is 0 Å². The van der Waals surface area contributed by atoms with Gasteiger partial charge in [0.25, 0.3) is 0 Å². The minimum atomic E-state index is 0. The van der Waals surface area contributed by atoms with Gasteiger partial charge in [-0.2, -0.15) is 11.8 Å². The summed E-state index contributed by atoms with van der Waals surface area (Å²) in [6, 6.07) is 0. The summed E-state index contributed by atoms with van der Waals surface area (Å²) in [6.45, 7) is 4.76. The molecule has 88 valence electrons. The Morgan fingerprint density at radius 2 is 1.07 bits per heavy atom. The number of thioether (sulfide) groups is 1. The maximum absolute atomic E-state index is 3.45. The van der Waals surface area contributed by atoms with E-state index in [0.29, 0.717) is 0 Å². The molecule has 0 aromatic carbocycles. The SMILES string of the molecule is C1CNCCCSCCCNC1.Cl.Cl. The van der Waals surface area contributed by atoms with Gasteiger partial charge in [-0.3, -0.25) is 0 Å². The predicted octanol–water partition coefficient (Wildman–Crippen LogP) is 1.93. The first-order valence-corrected chi connectivity index (χ1v) is 6.15. The highest BCUT2D eigenvalue weighted by atomic mass is 35.5. The Hall–Kier alpha value is 0.850. The fourth-order valence-corrected chi connectivity index (χ4v) is 2.19. The molecule has 0 aliphatic carbocycles. The van der Waals surface area contributed by atoms with E-state index >= 15 is 0 Å². The van der Waals surface area contributed by atoms with Gasteiger partial charge in [0, 0.05) is 0 Å². The third-order valence-electron chi connectivity index (χ3n) is 1.99. The van der Waals surface area contributed by atoms with Crippen LogP contribution in [0.2, 0.25) is 0 Å². The lowest BCUT2D eigenvalue weighted by atomic mass is 10.4. The van der Waals surface area contributed by atoms with Crippen molar-refractivity contribution in [2.24, 2.45) is 0 Å². The minimum absolute atomic E-state index is 0. The summed E-state index contributed by atoms with van der Waals surface area (Å²) in [6.07, 6.45) is 3.93. The molecule has 2 nitrogen and oxygen atoms in total. The third kappa shape index (κ3) is 10.9. The van der Waals surface area contributed by atoms with Crippen molar-refractivity contribution < 1.29 is 0 Å². The second-order valence-electron chi connectivity index (χ2n) is 3.17. The molecule has 0 amide bonds. The number of rotatable bonds is 0. The Balaban J connectivity index is 0. The molecule has 0 saturated carbocycles. The Morgan fingerprint density at radius 3 is 1.57 bits per heavy atom. The van der Waals surface area contributed by atoms with E-state index in [4.69, 9.17) is 0 Å². The van der Waals surface area contributed by atoms with Crippen LogP contribution in [0.15, 0.2) is 0 Å². The van der Waals surface area contributed by atoms with Crippen LogP contribution in [0.4, 0.5) is 0 Å². The van der Waals surface area contributed by atoms with E-state index < -0.39 is 0 Å². The minimum Gasteiger partial charge on any atom is -0.317 e. The molecule has 0 spiro atoms. The first-order chi connectivity index (χ1) is 6.00. The first-order valence-electron chi connectivity index (χ1n) is 4.99. The molecule has 1 fully saturated rings. The Bertz CT molecular complexity index is 63.8. The van der Waals surface area contributed by atoms with Crippen LogP contribution in [0.25, 0.3) is 0 Å². The summed E-state index contributed by atoms with van der Waals surface area (Å²) >= 11 is 2.09. The van der Waals surface area contributed by atoms with Crippen LogP contribution in [0, 0.1) is 0 Å². The molecule has 1 aliphatic rings. The quantitative estimate of drug-likeness (QED) is 0.696. The molecule has 0 atom stereocenters. The summed E-state index contributed by atoms with van der Waals surface area (Å²) in [5, 5.41) is 6.90. The van der Waals surface area contributed by atoms with Gasteiger partial charge in [0.05, 0.1) is 0 Å². The number of hydrogen-bond donors (Lipinski definition) is 2. The fourth-order valence-electron chi connectivity index (χ4n) is 1.29. The molecule has 14 heavy (non-hydrogen) atoms. The molecule has 0 radical (unpaired) electrons. The monoisotopic (exact) mass is 260 g/mol. The summed E-state index contributed by atoms with van der Waals surface area (Å²) in [5.41, 5.74) is 0. The molecule has 0 aromatic rings. The van der Waals surface area contributed by atoms with Crippen LogP contribution >= 0.6 is 36.6 Å². The van der Waals surface area contributed by atoms with Gasteiger partial charge in [0.15, 0.2) is 0 Å². The van der Waals surface area contributed by atoms with Crippen LogP contribution in [0.5, 0.6) is 0 Å². The summed E-state index contributed by atoms with van der Waals surface area (Å²) < 4.78 is 0. The normalized spacial score (nSPS) is 20.6. The molecular weight excluding hydrogens is 239 g/mol. The van der Waals surface area contributed by atoms with E-state index in [1.165, 1.54) is 56.9 Å². The molecule has 1 heterocycles. The highest BCUT2D eigenvalue weighted by Crippen LogP contribution is 2.03. The van der Waals surface area contributed by atoms with Crippen LogP contribution in [-0.4, -0.2) is 37.7 Å². The first kappa shape index (κ1) is 17.3. The van der Waals surface area contributed by atoms with Crippen LogP contribution < -0.4 is 10.6 Å². The topological polar surface area (TPSA) is 24.1 Å². The average Bonchev–Trinajstić information content (AvgIpc) is 2.05. The van der Waals surface area contributed by atoms with Crippen molar-refractivity contribution in [3.63, 3.8) is 0 Å². The van der Waals surface area contributed by atoms with E-state index in [2.05, 4.69) is 22.4 Å². The van der Waals surface area contributed by atoms with Gasteiger partial charge >= 0.3 is 0 Å². The van der Waals surface area contributed by atoms with E-state index in [0.717, 1.165) is 0 Å². The fraction of sp³-hybridized carbons (Fsp3) is 1.00. The van der Waals surface area contributed by atoms with E-state index in [1.54, 1.807) is 0 Å². The van der Waals surface area contributed by atoms with Crippen molar-refractivity contribution in [3.05, 3.63) is 0 Å². The van der Waals surface area contributed by atoms with Crippen LogP contribution in [0.3, 0.4) is 0 Å². The lowest BCUT2D eigenvalue weighted by molar-refractivity contribution is 0.589. The molecular formula is C9H22Cl2N2S. The third-order valence-corrected chi connectivity index (χ3v) is 3.15. The van der Waals surface area contributed by atoms with Crippen molar-refractivity contribution in [2.75, 3.05) is 37.7 Å². The molecule has 2 N–H and O–H groups in total. The highest BCUT2D eigenvalue weighted by molar-refractivity contribution is 7.99. The van der Waals surface area contributed by atoms with Gasteiger partial charge in [-0.05, 0) is 56.9 Å². The summed E-state index contributed by atoms with van der Waals surface area (Å²) in [5.74, 6) is 2.65. The van der Waals surface area contributed by atoms with E-state index in [-0.39, 0.29) is 24.8 Å². The van der Waals surface area contributed by atoms with Gasteiger partial charge in [-0.1, -0.05) is 0 Å². The van der Waals surface area contributed by atoms with Crippen molar-refractivity contribution in [1.82, 2.24) is 10.6 Å². The van der Waals surface area contributed by atoms with E-state index in [9.17, 15) is 0 Å². The number of halogens is 2. The van der Waals surface area contributed by atoms with Crippen molar-refractivity contribution in [2.45, 2.75) is 19.3 Å². The van der Waals surface area contributed by atoms with Gasteiger partial charge in [0.1, 0.15) is 0 Å². The maximum atomic E-state index is 3.45. The molecule has 5 heteroatoms. The van der Waals surface area contributed by atoms with Gasteiger partial charge in [0.2, 0.25) is 0 Å². The Kier molecular flexibility index (Phi) is 17.1. The molecule has 1 aliphatic heterocycles. The smallest absolute Gasteiger partial charge is 0.00368 e. The number of nitrogens with one attached hydrogen (secondary N) is 2. The lowest BCUT2D eigenvalue weighted by Gasteiger charge is -2.08. The standard InChI is InChI=1S/C9H20N2S.2ClH/c1-4-10-6-2-8-12-9-3-7-11-5-1;;/h10-11H,1-9H2;2*1H. The van der Waals surface area contributed by atoms with Gasteiger partial charge in [-0.25, -0.2) is 0 Å². The predicted molar refractivity (Wildman–Crippen MR) is 71.4 cm³/mol. The molecule has 0 bridgehead atoms. The van der Waals surface area contributed by atoms with Gasteiger partial charge in [-0.15, -0.1) is 24.8 Å². The average molecular weight is 261 g/mol. The van der Waals surface area contributed by atoms with Crippen LogP contribution in [0.1, 0.15) is 19.3 Å². The van der Waals surface area contributed by atoms with Crippen molar-refractivity contribution in [1.29, 1.82) is 0 Å². The number of hydrogen-bond acceptors (Lipinski definition) is 3. The highest BCUT2D eigenvalue weighted by Gasteiger charge is 1.94. The maximum Gasteiger partial charge on any atom is -0.00368 e. The zero-order chi connectivity index (χ0) is 8.49. The van der Waals surface area contributed by atoms with Gasteiger partial charge < -0.3 is 10.6 Å². The zero-order valence-electron chi connectivity index (χ0n) is 8.59. The largest absolute Gasteiger partial charge is 0.317 e. The lowest BCUT2D eigenvalue weighted by Crippen LogP contribution is -2.24. The zero-order valence-corrected chi connectivity index (χ0v) is 11.0.